The molecule has 8 heteroatoms. The molecule has 0 bridgehead atoms. The number of hydrogen-bond acceptors (Lipinski definition) is 5. The van der Waals surface area contributed by atoms with Crippen LogP contribution in [0.1, 0.15) is 16.7 Å². The fourth-order valence-electron chi connectivity index (χ4n) is 3.89. The number of anilines is 1. The van der Waals surface area contributed by atoms with Gasteiger partial charge in [-0.3, -0.25) is 14.5 Å². The molecule has 0 aliphatic carbocycles. The number of benzene rings is 2. The number of carboxylic acids is 1. The van der Waals surface area contributed by atoms with Gasteiger partial charge in [0.1, 0.15) is 23.5 Å². The van der Waals surface area contributed by atoms with Crippen LogP contribution in [-0.4, -0.2) is 47.0 Å². The Morgan fingerprint density at radius 2 is 2.04 bits per heavy atom. The molecule has 1 amide bonds. The van der Waals surface area contributed by atoms with Gasteiger partial charge >= 0.3 is 5.97 Å². The Morgan fingerprint density at radius 3 is 2.74 bits per heavy atom. The van der Waals surface area contributed by atoms with Gasteiger partial charge in [0.05, 0.1) is 13.2 Å². The number of carbonyl (C=O) groups is 2. The number of ether oxygens (including phenoxy) is 1. The summed E-state index contributed by atoms with van der Waals surface area (Å²) in [5, 5.41) is 30.5. The monoisotopic (exact) mass is 389 g/mol. The molecule has 2 aliphatic rings. The highest BCUT2D eigenvalue weighted by Crippen LogP contribution is 2.50. The van der Waals surface area contributed by atoms with E-state index in [2.05, 4.69) is 0 Å². The Hall–Kier alpha value is -2.77. The predicted molar refractivity (Wildman–Crippen MR) is 96.6 cm³/mol. The number of hydrogen-bond donors (Lipinski definition) is 3. The average Bonchev–Trinajstić information content (AvgIpc) is 3.16. The van der Waals surface area contributed by atoms with Crippen LogP contribution in [0.4, 0.5) is 5.69 Å². The molecular formula is C19H16ClNO6. The van der Waals surface area contributed by atoms with Crippen molar-refractivity contribution in [1.29, 1.82) is 0 Å². The highest BCUT2D eigenvalue weighted by Gasteiger charge is 2.54. The third-order valence-corrected chi connectivity index (χ3v) is 5.35. The Bertz CT molecular complexity index is 975. The normalized spacial score (nSPS) is 20.4. The molecule has 0 saturated heterocycles. The molecule has 1 atom stereocenters. The maximum atomic E-state index is 13.3. The number of carbonyl (C=O) groups excluding carboxylic acids is 1. The number of amides is 1. The number of halogens is 1. The van der Waals surface area contributed by atoms with Gasteiger partial charge < -0.3 is 20.1 Å². The molecule has 2 aromatic carbocycles. The highest BCUT2D eigenvalue weighted by molar-refractivity contribution is 6.31. The lowest BCUT2D eigenvalue weighted by Gasteiger charge is -2.28. The second-order valence-electron chi connectivity index (χ2n) is 6.59. The number of rotatable bonds is 4. The van der Waals surface area contributed by atoms with Crippen molar-refractivity contribution in [2.75, 3.05) is 24.7 Å². The largest absolute Gasteiger partial charge is 0.507 e. The van der Waals surface area contributed by atoms with Crippen molar-refractivity contribution in [2.45, 2.75) is 11.8 Å². The average molecular weight is 390 g/mol. The number of aliphatic hydroxyl groups is 1. The summed E-state index contributed by atoms with van der Waals surface area (Å²) < 4.78 is 5.44. The molecule has 1 unspecified atom stereocenters. The van der Waals surface area contributed by atoms with Gasteiger partial charge in [0, 0.05) is 28.8 Å². The van der Waals surface area contributed by atoms with Gasteiger partial charge in [-0.2, -0.15) is 0 Å². The third-order valence-electron chi connectivity index (χ3n) is 5.12. The molecule has 2 aliphatic heterocycles. The van der Waals surface area contributed by atoms with Crippen LogP contribution in [0.15, 0.2) is 30.3 Å². The van der Waals surface area contributed by atoms with E-state index < -0.39 is 30.4 Å². The van der Waals surface area contributed by atoms with E-state index in [0.717, 1.165) is 10.5 Å². The number of carboxylic acid groups (broad SMARTS) is 1. The fourth-order valence-corrected chi connectivity index (χ4v) is 4.06. The molecular weight excluding hydrogens is 374 g/mol. The summed E-state index contributed by atoms with van der Waals surface area (Å²) in [7, 11) is 0. The third kappa shape index (κ3) is 2.46. The zero-order valence-electron chi connectivity index (χ0n) is 14.1. The number of aliphatic carboxylic acids is 1. The molecule has 0 saturated carbocycles. The molecule has 2 aromatic rings. The van der Waals surface area contributed by atoms with E-state index in [1.807, 2.05) is 0 Å². The summed E-state index contributed by atoms with van der Waals surface area (Å²) in [6.07, 6.45) is 0.611. The Morgan fingerprint density at radius 1 is 1.26 bits per heavy atom. The topological polar surface area (TPSA) is 107 Å². The van der Waals surface area contributed by atoms with Crippen molar-refractivity contribution < 1.29 is 29.6 Å². The molecule has 2 heterocycles. The molecule has 27 heavy (non-hydrogen) atoms. The maximum absolute atomic E-state index is 13.3. The first-order valence-electron chi connectivity index (χ1n) is 8.32. The van der Waals surface area contributed by atoms with E-state index in [4.69, 9.17) is 16.3 Å². The second kappa shape index (κ2) is 6.14. The molecule has 4 rings (SSSR count). The zero-order chi connectivity index (χ0) is 19.3. The minimum absolute atomic E-state index is 0.204. The van der Waals surface area contributed by atoms with Gasteiger partial charge in [-0.1, -0.05) is 11.6 Å². The van der Waals surface area contributed by atoms with Gasteiger partial charge in [-0.05, 0) is 35.4 Å². The fraction of sp³-hybridized carbons (Fsp3) is 0.263. The van der Waals surface area contributed by atoms with E-state index >= 15 is 0 Å². The summed E-state index contributed by atoms with van der Waals surface area (Å²) in [5.41, 5.74) is 0.0754. The van der Waals surface area contributed by atoms with Crippen LogP contribution in [0.5, 0.6) is 11.5 Å². The molecule has 0 radical (unpaired) electrons. The van der Waals surface area contributed by atoms with Crippen LogP contribution >= 0.6 is 11.6 Å². The quantitative estimate of drug-likeness (QED) is 0.734. The first-order valence-corrected chi connectivity index (χ1v) is 8.70. The van der Waals surface area contributed by atoms with Crippen molar-refractivity contribution >= 4 is 29.2 Å². The lowest BCUT2D eigenvalue weighted by atomic mass is 9.75. The van der Waals surface area contributed by atoms with Crippen molar-refractivity contribution in [3.8, 4) is 11.5 Å². The smallest absolute Gasteiger partial charge is 0.323 e. The Labute approximate surface area is 159 Å². The number of phenols is 1. The first kappa shape index (κ1) is 17.6. The minimum Gasteiger partial charge on any atom is -0.507 e. The van der Waals surface area contributed by atoms with Gasteiger partial charge in [0.2, 0.25) is 5.91 Å². The summed E-state index contributed by atoms with van der Waals surface area (Å²) in [5.74, 6) is -1.49. The standard InChI is InChI=1S/C19H16ClNO6/c20-11-1-2-14-12(6-11)19(9-22,18(26)21(14)8-17(24)25)13-5-10-3-4-27-16(10)7-15(13)23/h1-2,5-7,22-23H,3-4,8-9H2,(H,24,25). The van der Waals surface area contributed by atoms with Crippen LogP contribution < -0.4 is 9.64 Å². The van der Waals surface area contributed by atoms with E-state index in [1.165, 1.54) is 12.1 Å². The van der Waals surface area contributed by atoms with Gasteiger partial charge in [0.25, 0.3) is 0 Å². The summed E-state index contributed by atoms with van der Waals surface area (Å²) >= 11 is 6.12. The maximum Gasteiger partial charge on any atom is 0.323 e. The minimum atomic E-state index is -1.64. The number of phenolic OH excluding ortho intramolecular Hbond substituents is 1. The summed E-state index contributed by atoms with van der Waals surface area (Å²) in [4.78, 5) is 25.7. The van der Waals surface area contributed by atoms with Gasteiger partial charge in [-0.25, -0.2) is 0 Å². The SMILES string of the molecule is O=C(O)CN1C(=O)C(CO)(c2cc3c(cc2O)OCC3)c2cc(Cl)ccc21. The van der Waals surface area contributed by atoms with E-state index in [-0.39, 0.29) is 11.3 Å². The van der Waals surface area contributed by atoms with Gasteiger partial charge in [0.15, 0.2) is 0 Å². The number of aliphatic hydroxyl groups excluding tert-OH is 1. The van der Waals surface area contributed by atoms with E-state index in [1.54, 1.807) is 18.2 Å². The summed E-state index contributed by atoms with van der Waals surface area (Å²) in [6, 6.07) is 7.68. The molecule has 0 spiro atoms. The number of nitrogens with zero attached hydrogens (tertiary/aromatic N) is 1. The van der Waals surface area contributed by atoms with Crippen LogP contribution in [0.2, 0.25) is 5.02 Å². The van der Waals surface area contributed by atoms with Crippen LogP contribution in [0, 0.1) is 0 Å². The molecule has 0 fully saturated rings. The number of fused-ring (bicyclic) bond motifs is 2. The second-order valence-corrected chi connectivity index (χ2v) is 7.02. The first-order chi connectivity index (χ1) is 12.9. The van der Waals surface area contributed by atoms with Crippen molar-refractivity contribution in [3.63, 3.8) is 0 Å². The van der Waals surface area contributed by atoms with Crippen LogP contribution in [0.3, 0.4) is 0 Å². The van der Waals surface area contributed by atoms with Crippen molar-refractivity contribution in [1.82, 2.24) is 0 Å². The van der Waals surface area contributed by atoms with Gasteiger partial charge in [-0.15, -0.1) is 0 Å². The highest BCUT2D eigenvalue weighted by atomic mass is 35.5. The molecule has 0 aromatic heterocycles. The lowest BCUT2D eigenvalue weighted by Crippen LogP contribution is -2.45. The van der Waals surface area contributed by atoms with Crippen LogP contribution in [-0.2, 0) is 21.4 Å². The van der Waals surface area contributed by atoms with Crippen molar-refractivity contribution in [3.05, 3.63) is 52.0 Å². The molecule has 3 N–H and O–H groups in total. The zero-order valence-corrected chi connectivity index (χ0v) is 14.9. The summed E-state index contributed by atoms with van der Waals surface area (Å²) in [6.45, 7) is -0.752. The predicted octanol–water partition coefficient (Wildman–Crippen LogP) is 1.69. The van der Waals surface area contributed by atoms with Crippen molar-refractivity contribution in [2.24, 2.45) is 0 Å². The Kier molecular flexibility index (Phi) is 4.01. The van der Waals surface area contributed by atoms with E-state index in [9.17, 15) is 24.9 Å². The molecule has 7 nitrogen and oxygen atoms in total. The lowest BCUT2D eigenvalue weighted by molar-refractivity contribution is -0.137. The number of aromatic hydroxyl groups is 1. The Balaban J connectivity index is 1.98. The molecule has 140 valence electrons. The van der Waals surface area contributed by atoms with Crippen LogP contribution in [0.25, 0.3) is 0 Å². The van der Waals surface area contributed by atoms with E-state index in [0.29, 0.717) is 35.1 Å².